The van der Waals surface area contributed by atoms with Gasteiger partial charge in [-0.3, -0.25) is 18.6 Å². The number of rotatable bonds is 34. The molecule has 2 unspecified atom stereocenters. The second kappa shape index (κ2) is 35.1. The van der Waals surface area contributed by atoms with E-state index in [9.17, 15) is 24.2 Å². The van der Waals surface area contributed by atoms with Crippen molar-refractivity contribution >= 4 is 19.8 Å². The van der Waals surface area contributed by atoms with E-state index in [0.717, 1.165) is 32.1 Å². The zero-order valence-electron chi connectivity index (χ0n) is 31.0. The molecule has 0 heterocycles. The molecule has 0 aromatic rings. The van der Waals surface area contributed by atoms with Crippen molar-refractivity contribution in [2.24, 2.45) is 5.73 Å². The SMILES string of the molecule is CC/C=C\C/C=C\CC(O)/C=C/C=C\C/C=C\CCCC(=O)O[C@H](COC(=O)CCCCCCCCCCCCC)COP(=O)(O)OCCN. The molecule has 0 radical (unpaired) electrons. The number of ether oxygens (including phenoxy) is 2. The number of esters is 2. The van der Waals surface area contributed by atoms with Crippen LogP contribution in [0.25, 0.3) is 0 Å². The maximum Gasteiger partial charge on any atom is 0.472 e. The highest BCUT2D eigenvalue weighted by Gasteiger charge is 2.25. The maximum absolute atomic E-state index is 12.5. The van der Waals surface area contributed by atoms with E-state index in [1.165, 1.54) is 44.9 Å². The van der Waals surface area contributed by atoms with Crippen LogP contribution in [0.4, 0.5) is 0 Å². The normalized spacial score (nSPS) is 14.7. The van der Waals surface area contributed by atoms with Gasteiger partial charge < -0.3 is 25.2 Å². The van der Waals surface area contributed by atoms with E-state index in [-0.39, 0.29) is 32.6 Å². The van der Waals surface area contributed by atoms with Gasteiger partial charge in [-0.15, -0.1) is 0 Å². The average molecular weight is 726 g/mol. The van der Waals surface area contributed by atoms with E-state index >= 15 is 0 Å². The van der Waals surface area contributed by atoms with Crippen molar-refractivity contribution in [3.05, 3.63) is 60.8 Å². The molecular formula is C39H68NO9P. The van der Waals surface area contributed by atoms with Crippen molar-refractivity contribution in [2.75, 3.05) is 26.4 Å². The number of phosphoric acid groups is 1. The van der Waals surface area contributed by atoms with Gasteiger partial charge in [0.2, 0.25) is 0 Å². The number of allylic oxidation sites excluding steroid dienone is 8. The summed E-state index contributed by atoms with van der Waals surface area (Å²) in [7, 11) is -4.40. The molecule has 0 rings (SSSR count). The Balaban J connectivity index is 4.42. The fraction of sp³-hybridized carbons (Fsp3) is 0.692. The van der Waals surface area contributed by atoms with E-state index < -0.39 is 38.6 Å². The molecule has 3 atom stereocenters. The Morgan fingerprint density at radius 3 is 2.02 bits per heavy atom. The fourth-order valence-corrected chi connectivity index (χ4v) is 5.46. The number of hydrogen-bond acceptors (Lipinski definition) is 9. The lowest BCUT2D eigenvalue weighted by molar-refractivity contribution is -0.161. The largest absolute Gasteiger partial charge is 0.472 e. The summed E-state index contributed by atoms with van der Waals surface area (Å²) in [5.74, 6) is -0.942. The van der Waals surface area contributed by atoms with E-state index in [1.807, 2.05) is 42.5 Å². The minimum absolute atomic E-state index is 0.0325. The third-order valence-corrected chi connectivity index (χ3v) is 8.48. The summed E-state index contributed by atoms with van der Waals surface area (Å²) in [4.78, 5) is 34.6. The summed E-state index contributed by atoms with van der Waals surface area (Å²) in [6.45, 7) is 3.42. The predicted octanol–water partition coefficient (Wildman–Crippen LogP) is 9.13. The van der Waals surface area contributed by atoms with Gasteiger partial charge in [-0.05, 0) is 44.9 Å². The van der Waals surface area contributed by atoms with Gasteiger partial charge in [0, 0.05) is 19.4 Å². The average Bonchev–Trinajstić information content (AvgIpc) is 3.09. The standard InChI is InChI=1S/C39H68NO9P/c1-3-5-7-9-11-12-13-14-18-22-26-30-38(42)46-34-37(35-48-50(44,45)47-33-32-40)49-39(43)31-27-23-19-16-15-17-21-25-29-36(41)28-24-20-10-8-6-4-2/h6,8,16-17,19-21,24-25,29,36-37,41H,3-5,7,9-15,18,22-23,26-28,30-35,40H2,1-2H3,(H,44,45)/b8-6-,19-16-,21-17-,24-20-,29-25+/t36?,37-/m1/s1. The minimum atomic E-state index is -4.40. The lowest BCUT2D eigenvalue weighted by atomic mass is 10.1. The Morgan fingerprint density at radius 1 is 0.720 bits per heavy atom. The Hall–Kier alpha value is -2.33. The molecule has 0 spiro atoms. The van der Waals surface area contributed by atoms with Gasteiger partial charge in [-0.1, -0.05) is 139 Å². The third kappa shape index (κ3) is 34.1. The van der Waals surface area contributed by atoms with Gasteiger partial charge in [0.1, 0.15) is 6.61 Å². The first kappa shape index (κ1) is 47.7. The van der Waals surface area contributed by atoms with E-state index in [4.69, 9.17) is 24.3 Å². The number of nitrogens with two attached hydrogens (primary N) is 1. The number of carbonyl (C=O) groups excluding carboxylic acids is 2. The van der Waals surface area contributed by atoms with Crippen LogP contribution < -0.4 is 5.73 Å². The molecule has 10 nitrogen and oxygen atoms in total. The molecule has 0 aliphatic carbocycles. The second-order valence-corrected chi connectivity index (χ2v) is 13.7. The number of aliphatic hydroxyl groups excluding tert-OH is 1. The Bertz CT molecular complexity index is 1030. The Labute approximate surface area is 302 Å². The van der Waals surface area contributed by atoms with Gasteiger partial charge in [-0.2, -0.15) is 0 Å². The summed E-state index contributed by atoms with van der Waals surface area (Å²) in [5, 5.41) is 9.99. The highest BCUT2D eigenvalue weighted by molar-refractivity contribution is 7.47. The number of unbranched alkanes of at least 4 members (excludes halogenated alkanes) is 11. The van der Waals surface area contributed by atoms with Crippen LogP contribution in [-0.2, 0) is 32.7 Å². The molecule has 0 aromatic heterocycles. The van der Waals surface area contributed by atoms with Crippen LogP contribution >= 0.6 is 7.82 Å². The zero-order chi connectivity index (χ0) is 37.0. The summed E-state index contributed by atoms with van der Waals surface area (Å²) in [6, 6.07) is 0. The molecule has 50 heavy (non-hydrogen) atoms. The molecule has 0 aliphatic heterocycles. The third-order valence-electron chi connectivity index (χ3n) is 7.50. The smallest absolute Gasteiger partial charge is 0.462 e. The lowest BCUT2D eigenvalue weighted by Gasteiger charge is -2.19. The van der Waals surface area contributed by atoms with Crippen molar-refractivity contribution in [1.82, 2.24) is 0 Å². The topological polar surface area (TPSA) is 155 Å². The maximum atomic E-state index is 12.5. The molecule has 4 N–H and O–H groups in total. The summed E-state index contributed by atoms with van der Waals surface area (Å²) in [5.41, 5.74) is 5.32. The van der Waals surface area contributed by atoms with Crippen molar-refractivity contribution in [3.8, 4) is 0 Å². The summed E-state index contributed by atoms with van der Waals surface area (Å²) >= 11 is 0. The molecule has 0 saturated heterocycles. The number of phosphoric ester groups is 1. The molecule has 0 aliphatic rings. The van der Waals surface area contributed by atoms with E-state index in [1.54, 1.807) is 6.08 Å². The molecule has 288 valence electrons. The number of hydrogen-bond donors (Lipinski definition) is 3. The van der Waals surface area contributed by atoms with Gasteiger partial charge in [0.15, 0.2) is 6.10 Å². The van der Waals surface area contributed by atoms with Crippen LogP contribution in [0.2, 0.25) is 0 Å². The van der Waals surface area contributed by atoms with Gasteiger partial charge >= 0.3 is 19.8 Å². The molecule has 11 heteroatoms. The van der Waals surface area contributed by atoms with Crippen LogP contribution in [0.3, 0.4) is 0 Å². The lowest BCUT2D eigenvalue weighted by Crippen LogP contribution is -2.29. The fourth-order valence-electron chi connectivity index (χ4n) is 4.69. The van der Waals surface area contributed by atoms with Crippen molar-refractivity contribution in [3.63, 3.8) is 0 Å². The van der Waals surface area contributed by atoms with Crippen molar-refractivity contribution < 1.29 is 42.7 Å². The molecule has 0 bridgehead atoms. The molecule has 0 aromatic carbocycles. The summed E-state index contributed by atoms with van der Waals surface area (Å²) in [6.07, 6.45) is 35.8. The molecule has 0 fully saturated rings. The minimum Gasteiger partial charge on any atom is -0.462 e. The second-order valence-electron chi connectivity index (χ2n) is 12.3. The quantitative estimate of drug-likeness (QED) is 0.0192. The number of carbonyl (C=O) groups is 2. The highest BCUT2D eigenvalue weighted by Crippen LogP contribution is 2.43. The van der Waals surface area contributed by atoms with Crippen LogP contribution in [0, 0.1) is 0 Å². The monoisotopic (exact) mass is 725 g/mol. The molecule has 0 amide bonds. The van der Waals surface area contributed by atoms with Crippen LogP contribution in [0.1, 0.15) is 136 Å². The predicted molar refractivity (Wildman–Crippen MR) is 202 cm³/mol. The van der Waals surface area contributed by atoms with Gasteiger partial charge in [-0.25, -0.2) is 4.57 Å². The van der Waals surface area contributed by atoms with Crippen molar-refractivity contribution in [1.29, 1.82) is 0 Å². The highest BCUT2D eigenvalue weighted by atomic mass is 31.2. The van der Waals surface area contributed by atoms with Crippen LogP contribution in [-0.4, -0.2) is 60.5 Å². The van der Waals surface area contributed by atoms with Crippen molar-refractivity contribution in [2.45, 2.75) is 148 Å². The first-order valence-corrected chi connectivity index (χ1v) is 20.4. The summed E-state index contributed by atoms with van der Waals surface area (Å²) < 4.78 is 32.5. The zero-order valence-corrected chi connectivity index (χ0v) is 31.9. The first-order chi connectivity index (χ1) is 24.2. The molecule has 0 saturated carbocycles. The van der Waals surface area contributed by atoms with Crippen LogP contribution in [0.15, 0.2) is 60.8 Å². The molecular weight excluding hydrogens is 657 g/mol. The van der Waals surface area contributed by atoms with E-state index in [2.05, 4.69) is 26.0 Å². The van der Waals surface area contributed by atoms with Crippen LogP contribution in [0.5, 0.6) is 0 Å². The Kier molecular flexibility index (Phi) is 33.5. The van der Waals surface area contributed by atoms with Gasteiger partial charge in [0.25, 0.3) is 0 Å². The number of aliphatic hydroxyl groups is 1. The van der Waals surface area contributed by atoms with E-state index in [0.29, 0.717) is 32.1 Å². The van der Waals surface area contributed by atoms with Gasteiger partial charge in [0.05, 0.1) is 19.3 Å². The Morgan fingerprint density at radius 2 is 1.34 bits per heavy atom. The first-order valence-electron chi connectivity index (χ1n) is 18.9.